The van der Waals surface area contributed by atoms with Crippen LogP contribution in [-0.4, -0.2) is 6.54 Å². The molecule has 2 heterocycles. The van der Waals surface area contributed by atoms with Crippen molar-refractivity contribution in [1.82, 2.24) is 5.32 Å². The fourth-order valence-electron chi connectivity index (χ4n) is 1.68. The summed E-state index contributed by atoms with van der Waals surface area (Å²) in [5.74, 6) is 0. The van der Waals surface area contributed by atoms with E-state index in [2.05, 4.69) is 57.1 Å². The highest BCUT2D eigenvalue weighted by Crippen LogP contribution is 2.29. The van der Waals surface area contributed by atoms with Gasteiger partial charge in [0.2, 0.25) is 0 Å². The van der Waals surface area contributed by atoms with E-state index in [1.54, 1.807) is 11.3 Å². The van der Waals surface area contributed by atoms with E-state index in [-0.39, 0.29) is 0 Å². The third-order valence-corrected chi connectivity index (χ3v) is 4.88. The van der Waals surface area contributed by atoms with Crippen LogP contribution < -0.4 is 5.32 Å². The highest BCUT2D eigenvalue weighted by molar-refractivity contribution is 9.11. The standard InChI is InChI=1S/C12H14BrNS2/c1-2-14-10(7-9-5-6-15-8-9)11-3-4-12(13)16-11/h3-6,8,10,14H,2,7H2,1H3. The zero-order valence-electron chi connectivity index (χ0n) is 9.07. The molecule has 0 aliphatic carbocycles. The second-order valence-corrected chi connectivity index (χ2v) is 6.86. The van der Waals surface area contributed by atoms with Crippen LogP contribution in [0.2, 0.25) is 0 Å². The van der Waals surface area contributed by atoms with E-state index in [1.165, 1.54) is 14.2 Å². The van der Waals surface area contributed by atoms with Crippen molar-refractivity contribution in [3.63, 3.8) is 0 Å². The minimum Gasteiger partial charge on any atom is -0.309 e. The van der Waals surface area contributed by atoms with Crippen LogP contribution in [-0.2, 0) is 6.42 Å². The van der Waals surface area contributed by atoms with Gasteiger partial charge in [0, 0.05) is 10.9 Å². The monoisotopic (exact) mass is 315 g/mol. The number of hydrogen-bond acceptors (Lipinski definition) is 3. The molecule has 1 unspecified atom stereocenters. The fourth-order valence-corrected chi connectivity index (χ4v) is 3.86. The van der Waals surface area contributed by atoms with Crippen LogP contribution in [0, 0.1) is 0 Å². The number of hydrogen-bond donors (Lipinski definition) is 1. The number of nitrogens with one attached hydrogen (secondary N) is 1. The topological polar surface area (TPSA) is 12.0 Å². The summed E-state index contributed by atoms with van der Waals surface area (Å²) < 4.78 is 1.20. The first-order valence-corrected chi connectivity index (χ1v) is 7.84. The lowest BCUT2D eigenvalue weighted by molar-refractivity contribution is 0.559. The molecule has 0 saturated heterocycles. The second kappa shape index (κ2) is 5.96. The minimum absolute atomic E-state index is 0.441. The lowest BCUT2D eigenvalue weighted by atomic mass is 10.1. The Kier molecular flexibility index (Phi) is 4.58. The quantitative estimate of drug-likeness (QED) is 0.858. The lowest BCUT2D eigenvalue weighted by Gasteiger charge is -2.15. The molecule has 0 spiro atoms. The van der Waals surface area contributed by atoms with E-state index in [0.717, 1.165) is 13.0 Å². The Labute approximate surface area is 113 Å². The summed E-state index contributed by atoms with van der Waals surface area (Å²) in [4.78, 5) is 1.40. The molecule has 2 aromatic rings. The summed E-state index contributed by atoms with van der Waals surface area (Å²) in [5.41, 5.74) is 1.42. The molecule has 4 heteroatoms. The van der Waals surface area contributed by atoms with E-state index < -0.39 is 0 Å². The van der Waals surface area contributed by atoms with Gasteiger partial charge in [0.15, 0.2) is 0 Å². The summed E-state index contributed by atoms with van der Waals surface area (Å²) in [6, 6.07) is 6.97. The molecular weight excluding hydrogens is 302 g/mol. The maximum atomic E-state index is 3.54. The molecule has 0 saturated carbocycles. The van der Waals surface area contributed by atoms with Crippen LogP contribution in [0.1, 0.15) is 23.4 Å². The number of halogens is 1. The zero-order chi connectivity index (χ0) is 11.4. The first kappa shape index (κ1) is 12.3. The van der Waals surface area contributed by atoms with Gasteiger partial charge in [-0.25, -0.2) is 0 Å². The van der Waals surface area contributed by atoms with Gasteiger partial charge in [-0.1, -0.05) is 6.92 Å². The molecule has 2 aromatic heterocycles. The van der Waals surface area contributed by atoms with Crippen LogP contribution >= 0.6 is 38.6 Å². The largest absolute Gasteiger partial charge is 0.309 e. The van der Waals surface area contributed by atoms with Crippen LogP contribution in [0.3, 0.4) is 0 Å². The molecule has 0 fully saturated rings. The molecule has 0 radical (unpaired) electrons. The van der Waals surface area contributed by atoms with Crippen molar-refractivity contribution in [3.8, 4) is 0 Å². The molecule has 0 bridgehead atoms. The van der Waals surface area contributed by atoms with E-state index in [0.29, 0.717) is 6.04 Å². The van der Waals surface area contributed by atoms with Gasteiger partial charge >= 0.3 is 0 Å². The number of thiophene rings is 2. The van der Waals surface area contributed by atoms with Crippen molar-refractivity contribution >= 4 is 38.6 Å². The summed E-state index contributed by atoms with van der Waals surface area (Å²) in [6.07, 6.45) is 1.07. The Hall–Kier alpha value is -0.160. The summed E-state index contributed by atoms with van der Waals surface area (Å²) >= 11 is 7.10. The Balaban J connectivity index is 2.11. The van der Waals surface area contributed by atoms with Crippen molar-refractivity contribution in [2.75, 3.05) is 6.54 Å². The Morgan fingerprint density at radius 2 is 2.25 bits per heavy atom. The predicted octanol–water partition coefficient (Wildman–Crippen LogP) is 4.47. The molecule has 0 aliphatic heterocycles. The second-order valence-electron chi connectivity index (χ2n) is 3.59. The van der Waals surface area contributed by atoms with Crippen molar-refractivity contribution in [2.24, 2.45) is 0 Å². The van der Waals surface area contributed by atoms with Gasteiger partial charge < -0.3 is 5.32 Å². The van der Waals surface area contributed by atoms with Gasteiger partial charge in [0.25, 0.3) is 0 Å². The fraction of sp³-hybridized carbons (Fsp3) is 0.333. The van der Waals surface area contributed by atoms with E-state index in [1.807, 2.05) is 11.3 Å². The van der Waals surface area contributed by atoms with Crippen LogP contribution in [0.25, 0.3) is 0 Å². The molecule has 1 atom stereocenters. The molecule has 86 valence electrons. The number of rotatable bonds is 5. The molecule has 2 rings (SSSR count). The Morgan fingerprint density at radius 1 is 1.38 bits per heavy atom. The summed E-state index contributed by atoms with van der Waals surface area (Å²) in [7, 11) is 0. The highest BCUT2D eigenvalue weighted by Gasteiger charge is 2.13. The van der Waals surface area contributed by atoms with Crippen molar-refractivity contribution in [3.05, 3.63) is 43.2 Å². The van der Waals surface area contributed by atoms with Crippen molar-refractivity contribution in [2.45, 2.75) is 19.4 Å². The van der Waals surface area contributed by atoms with Gasteiger partial charge in [-0.3, -0.25) is 0 Å². The molecule has 0 aliphatic rings. The van der Waals surface area contributed by atoms with E-state index in [9.17, 15) is 0 Å². The zero-order valence-corrected chi connectivity index (χ0v) is 12.3. The predicted molar refractivity (Wildman–Crippen MR) is 76.5 cm³/mol. The maximum absolute atomic E-state index is 3.54. The number of likely N-dealkylation sites (N-methyl/N-ethyl adjacent to an activating group) is 1. The van der Waals surface area contributed by atoms with Crippen LogP contribution in [0.5, 0.6) is 0 Å². The SMILES string of the molecule is CCNC(Cc1ccsc1)c1ccc(Br)s1. The van der Waals surface area contributed by atoms with Gasteiger partial charge in [-0.05, 0) is 63.4 Å². The molecular formula is C12H14BrNS2. The smallest absolute Gasteiger partial charge is 0.0701 e. The molecule has 0 amide bonds. The highest BCUT2D eigenvalue weighted by atomic mass is 79.9. The first-order chi connectivity index (χ1) is 7.79. The Bertz CT molecular complexity index is 422. The third kappa shape index (κ3) is 3.17. The van der Waals surface area contributed by atoms with E-state index in [4.69, 9.17) is 0 Å². The van der Waals surface area contributed by atoms with Crippen LogP contribution in [0.4, 0.5) is 0 Å². The first-order valence-electron chi connectivity index (χ1n) is 5.29. The van der Waals surface area contributed by atoms with Crippen molar-refractivity contribution in [1.29, 1.82) is 0 Å². The molecule has 0 aromatic carbocycles. The van der Waals surface area contributed by atoms with Crippen molar-refractivity contribution < 1.29 is 0 Å². The lowest BCUT2D eigenvalue weighted by Crippen LogP contribution is -2.21. The summed E-state index contributed by atoms with van der Waals surface area (Å²) in [6.45, 7) is 3.16. The molecule has 1 nitrogen and oxygen atoms in total. The molecule has 16 heavy (non-hydrogen) atoms. The summed E-state index contributed by atoms with van der Waals surface area (Å²) in [5, 5.41) is 7.92. The van der Waals surface area contributed by atoms with E-state index >= 15 is 0 Å². The van der Waals surface area contributed by atoms with Gasteiger partial charge in [-0.2, -0.15) is 11.3 Å². The third-order valence-electron chi connectivity index (χ3n) is 2.41. The maximum Gasteiger partial charge on any atom is 0.0701 e. The normalized spacial score (nSPS) is 12.9. The van der Waals surface area contributed by atoms with Crippen LogP contribution in [0.15, 0.2) is 32.7 Å². The van der Waals surface area contributed by atoms with Gasteiger partial charge in [-0.15, -0.1) is 11.3 Å². The molecule has 1 N–H and O–H groups in total. The Morgan fingerprint density at radius 3 is 2.81 bits per heavy atom. The minimum atomic E-state index is 0.441. The average molecular weight is 316 g/mol. The van der Waals surface area contributed by atoms with Gasteiger partial charge in [0.05, 0.1) is 3.79 Å². The average Bonchev–Trinajstić information content (AvgIpc) is 2.88. The van der Waals surface area contributed by atoms with Gasteiger partial charge in [0.1, 0.15) is 0 Å².